The van der Waals surface area contributed by atoms with Crippen LogP contribution in [-0.4, -0.2) is 155 Å². The first-order valence-electron chi connectivity index (χ1n) is 23.4. The maximum absolute atomic E-state index is 14.3. The van der Waals surface area contributed by atoms with Crippen LogP contribution in [0.1, 0.15) is 78.2 Å². The second-order valence-electron chi connectivity index (χ2n) is 16.9. The minimum absolute atomic E-state index is 0.0115. The molecule has 0 aliphatic carbocycles. The van der Waals surface area contributed by atoms with Gasteiger partial charge in [0.2, 0.25) is 0 Å². The first kappa shape index (κ1) is 56.0. The lowest BCUT2D eigenvalue weighted by Gasteiger charge is -2.29. The Bertz CT molecular complexity index is 2720. The van der Waals surface area contributed by atoms with E-state index in [2.05, 4.69) is 10.6 Å². The summed E-state index contributed by atoms with van der Waals surface area (Å²) in [5.41, 5.74) is 12.8. The second kappa shape index (κ2) is 26.1. The van der Waals surface area contributed by atoms with Crippen LogP contribution in [0.2, 0.25) is 0 Å². The van der Waals surface area contributed by atoms with Gasteiger partial charge < -0.3 is 80.7 Å². The predicted octanol–water partition coefficient (Wildman–Crippen LogP) is 2.86. The van der Waals surface area contributed by atoms with Gasteiger partial charge in [-0.15, -0.1) is 0 Å². The molecule has 26 heteroatoms. The standard InChI is InChI=1S/C50H54N8O18/c51-49(52)55-29-11-13-31-27(23-29)5-3-17-73-41-33(7-1-9-37(41)75-47(31)69)43(63)57(35(45(65)66)25-39(59)60)15-19-71-21-22-72-20-16-58(36(46(67)68)26-40(61)62)44(64)34-8-2-10-38-42(34)74-18-4-6-28-24-30(56-50(53)54)12-14-32(28)48(70)76-38/h1-2,7-14,23-24,35-36H,3-6,15-22,25-26H2,(H,59,60)(H,61,62)(H,65,66)(H,67,68)(H4,51,52,55)(H4,53,54,56)/t35-,36-/m1/s1. The number of esters is 2. The molecule has 2 amide bonds. The van der Waals surface area contributed by atoms with Crippen LogP contribution in [0.15, 0.2) is 72.8 Å². The van der Waals surface area contributed by atoms with Gasteiger partial charge in [-0.3, -0.25) is 30.0 Å². The Balaban J connectivity index is 1.13. The van der Waals surface area contributed by atoms with Crippen LogP contribution >= 0.6 is 0 Å². The number of carboxylic acid groups (broad SMARTS) is 4. The largest absolute Gasteiger partial charge is 0.489 e. The van der Waals surface area contributed by atoms with Gasteiger partial charge >= 0.3 is 35.8 Å². The number of carboxylic acids is 4. The fourth-order valence-electron chi connectivity index (χ4n) is 8.22. The SMILES string of the molecule is N=C(N)Nc1ccc2c(c1)CCCOc1c(cccc1C(=O)N(CCOCCOCCN(C(=O)c1cccc3c1OCCCc1cc(NC(=N)N)ccc1C(=O)O3)[C@H](CC(=O)O)C(=O)O)[C@H](CC(=O)O)C(=O)O)OC2=O. The first-order chi connectivity index (χ1) is 36.3. The number of hydrogen-bond acceptors (Lipinski definition) is 16. The zero-order valence-corrected chi connectivity index (χ0v) is 40.5. The Labute approximate surface area is 432 Å². The molecule has 0 radical (unpaired) electrons. The van der Waals surface area contributed by atoms with Crippen LogP contribution in [0.25, 0.3) is 0 Å². The van der Waals surface area contributed by atoms with Crippen molar-refractivity contribution in [1.29, 1.82) is 10.8 Å². The Hall–Kier alpha value is -9.30. The molecule has 4 aromatic rings. The number of ether oxygens (including phenoxy) is 6. The summed E-state index contributed by atoms with van der Waals surface area (Å²) in [6, 6.07) is 13.5. The normalized spacial score (nSPS) is 13.8. The van der Waals surface area contributed by atoms with Crippen molar-refractivity contribution >= 4 is 70.9 Å². The number of nitrogens with one attached hydrogen (secondary N) is 4. The number of fused-ring (bicyclic) bond motifs is 4. The lowest BCUT2D eigenvalue weighted by atomic mass is 10.0. The molecule has 2 aliphatic heterocycles. The van der Waals surface area contributed by atoms with Crippen molar-refractivity contribution in [2.75, 3.05) is 63.4 Å². The van der Waals surface area contributed by atoms with Gasteiger partial charge in [0, 0.05) is 24.5 Å². The summed E-state index contributed by atoms with van der Waals surface area (Å²) in [7, 11) is 0. The van der Waals surface area contributed by atoms with Gasteiger partial charge in [-0.1, -0.05) is 12.1 Å². The number of guanidine groups is 2. The highest BCUT2D eigenvalue weighted by atomic mass is 16.6. The Morgan fingerprint density at radius 1 is 0.592 bits per heavy atom. The molecule has 12 N–H and O–H groups in total. The average Bonchev–Trinajstić information content (AvgIpc) is 3.36. The van der Waals surface area contributed by atoms with E-state index in [0.29, 0.717) is 48.2 Å². The molecular weight excluding hydrogens is 1000 g/mol. The Kier molecular flexibility index (Phi) is 19.2. The van der Waals surface area contributed by atoms with E-state index in [9.17, 15) is 58.8 Å². The van der Waals surface area contributed by atoms with Gasteiger partial charge in [0.05, 0.1) is 74.7 Å². The maximum atomic E-state index is 14.3. The van der Waals surface area contributed by atoms with E-state index in [1.54, 1.807) is 12.1 Å². The molecule has 4 aromatic carbocycles. The molecule has 76 heavy (non-hydrogen) atoms. The van der Waals surface area contributed by atoms with Crippen LogP contribution in [-0.2, 0) is 41.5 Å². The molecule has 6 rings (SSSR count). The van der Waals surface area contributed by atoms with Crippen LogP contribution < -0.4 is 41.0 Å². The Morgan fingerprint density at radius 2 is 0.987 bits per heavy atom. The highest BCUT2D eigenvalue weighted by Gasteiger charge is 2.37. The van der Waals surface area contributed by atoms with Gasteiger partial charge in [0.15, 0.2) is 34.9 Å². The molecule has 0 saturated heterocycles. The van der Waals surface area contributed by atoms with Gasteiger partial charge in [-0.25, -0.2) is 19.2 Å². The average molecular weight is 1060 g/mol. The summed E-state index contributed by atoms with van der Waals surface area (Å²) in [5, 5.41) is 59.9. The van der Waals surface area contributed by atoms with Crippen LogP contribution in [0.5, 0.6) is 23.0 Å². The number of hydrogen-bond donors (Lipinski definition) is 10. The van der Waals surface area contributed by atoms with E-state index >= 15 is 0 Å². The van der Waals surface area contributed by atoms with Gasteiger partial charge in [-0.2, -0.15) is 0 Å². The molecule has 2 heterocycles. The molecule has 2 atom stereocenters. The van der Waals surface area contributed by atoms with Crippen molar-refractivity contribution in [2.24, 2.45) is 11.5 Å². The summed E-state index contributed by atoms with van der Waals surface area (Å²) >= 11 is 0. The van der Waals surface area contributed by atoms with Crippen molar-refractivity contribution in [3.63, 3.8) is 0 Å². The summed E-state index contributed by atoms with van der Waals surface area (Å²) in [6.45, 7) is -2.22. The van der Waals surface area contributed by atoms with E-state index in [1.165, 1.54) is 60.7 Å². The Morgan fingerprint density at radius 3 is 1.34 bits per heavy atom. The van der Waals surface area contributed by atoms with Crippen molar-refractivity contribution in [3.8, 4) is 23.0 Å². The lowest BCUT2D eigenvalue weighted by molar-refractivity contribution is -0.149. The number of nitrogens with two attached hydrogens (primary N) is 2. The minimum Gasteiger partial charge on any atom is -0.489 e. The summed E-state index contributed by atoms with van der Waals surface area (Å²) < 4.78 is 34.6. The number of anilines is 2. The molecule has 0 fully saturated rings. The number of nitrogens with zero attached hydrogens (tertiary/aromatic N) is 2. The van der Waals surface area contributed by atoms with Gasteiger partial charge in [0.25, 0.3) is 11.8 Å². The predicted molar refractivity (Wildman–Crippen MR) is 265 cm³/mol. The van der Waals surface area contributed by atoms with E-state index < -0.39 is 85.6 Å². The van der Waals surface area contributed by atoms with Crippen LogP contribution in [0.4, 0.5) is 11.4 Å². The highest BCUT2D eigenvalue weighted by Crippen LogP contribution is 2.37. The number of rotatable bonds is 21. The fraction of sp³-hybridized carbons (Fsp3) is 0.320. The quantitative estimate of drug-likeness (QED) is 0.0188. The third-order valence-electron chi connectivity index (χ3n) is 11.6. The third kappa shape index (κ3) is 14.7. The van der Waals surface area contributed by atoms with E-state index in [-0.39, 0.29) is 96.8 Å². The number of benzene rings is 4. The summed E-state index contributed by atoms with van der Waals surface area (Å²) in [6.07, 6.45) is -0.782. The lowest BCUT2D eigenvalue weighted by Crippen LogP contribution is -2.48. The summed E-state index contributed by atoms with van der Waals surface area (Å²) in [5.74, 6) is -11.4. The van der Waals surface area contributed by atoms with Crippen LogP contribution in [0, 0.1) is 10.8 Å². The second-order valence-corrected chi connectivity index (χ2v) is 16.9. The molecule has 0 bridgehead atoms. The molecule has 0 saturated carbocycles. The minimum atomic E-state index is -1.92. The van der Waals surface area contributed by atoms with Crippen LogP contribution in [0.3, 0.4) is 0 Å². The van der Waals surface area contributed by atoms with Crippen molar-refractivity contribution in [1.82, 2.24) is 9.80 Å². The van der Waals surface area contributed by atoms with Gasteiger partial charge in [0.1, 0.15) is 12.1 Å². The van der Waals surface area contributed by atoms with Crippen molar-refractivity contribution < 1.29 is 87.2 Å². The number of aryl methyl sites for hydroxylation is 2. The zero-order chi connectivity index (χ0) is 55.1. The number of para-hydroxylation sites is 2. The monoisotopic (exact) mass is 1050 g/mol. The number of carbonyl (C=O) groups is 8. The topological polar surface area (TPSA) is 403 Å². The maximum Gasteiger partial charge on any atom is 0.343 e. The molecule has 26 nitrogen and oxygen atoms in total. The molecule has 0 unspecified atom stereocenters. The molecule has 0 spiro atoms. The highest BCUT2D eigenvalue weighted by molar-refractivity contribution is 6.03. The molecule has 402 valence electrons. The van der Waals surface area contributed by atoms with E-state index in [1.807, 2.05) is 0 Å². The van der Waals surface area contributed by atoms with E-state index in [4.69, 9.17) is 50.7 Å². The smallest absolute Gasteiger partial charge is 0.343 e. The molecule has 0 aromatic heterocycles. The van der Waals surface area contributed by atoms with Crippen molar-refractivity contribution in [3.05, 3.63) is 106 Å². The number of aliphatic carboxylic acids is 4. The number of amides is 2. The van der Waals surface area contributed by atoms with Crippen molar-refractivity contribution in [2.45, 2.75) is 50.6 Å². The first-order valence-corrected chi connectivity index (χ1v) is 23.4. The van der Waals surface area contributed by atoms with Gasteiger partial charge in [-0.05, 0) is 97.5 Å². The molecule has 2 aliphatic rings. The van der Waals surface area contributed by atoms with E-state index in [0.717, 1.165) is 9.80 Å². The zero-order valence-electron chi connectivity index (χ0n) is 40.5. The summed E-state index contributed by atoms with van der Waals surface area (Å²) in [4.78, 5) is 106. The fourth-order valence-corrected chi connectivity index (χ4v) is 8.22. The molecular formula is C50H54N8O18. The number of carbonyl (C=O) groups excluding carboxylic acids is 4. The third-order valence-corrected chi connectivity index (χ3v) is 11.6.